The molecule has 74 valence electrons. The summed E-state index contributed by atoms with van der Waals surface area (Å²) in [5.41, 5.74) is 0. The number of rotatable bonds is 3. The van der Waals surface area contributed by atoms with Crippen molar-refractivity contribution in [1.82, 2.24) is 4.72 Å². The average molecular weight is 195 g/mol. The summed E-state index contributed by atoms with van der Waals surface area (Å²) in [6.45, 7) is 6.43. The van der Waals surface area contributed by atoms with E-state index in [9.17, 15) is 8.42 Å². The minimum atomic E-state index is -3.30. The number of aliphatic hydroxyl groups excluding tert-OH is 1. The molecule has 0 amide bonds. The van der Waals surface area contributed by atoms with Crippen LogP contribution in [0.3, 0.4) is 0 Å². The Morgan fingerprint density at radius 2 is 1.83 bits per heavy atom. The lowest BCUT2D eigenvalue weighted by molar-refractivity contribution is 0.198. The fourth-order valence-corrected chi connectivity index (χ4v) is 1.34. The maximum Gasteiger partial charge on any atom is 0.216 e. The Labute approximate surface area is 74.0 Å². The van der Waals surface area contributed by atoms with Gasteiger partial charge in [0, 0.05) is 6.54 Å². The van der Waals surface area contributed by atoms with Crippen molar-refractivity contribution in [3.05, 3.63) is 0 Å². The van der Waals surface area contributed by atoms with Crippen LogP contribution in [0.2, 0.25) is 0 Å². The molecule has 0 heterocycles. The molecule has 0 aliphatic rings. The zero-order valence-electron chi connectivity index (χ0n) is 7.96. The van der Waals surface area contributed by atoms with Crippen molar-refractivity contribution in [2.24, 2.45) is 0 Å². The second-order valence-electron chi connectivity index (χ2n) is 3.81. The van der Waals surface area contributed by atoms with Crippen molar-refractivity contribution >= 4 is 10.0 Å². The second-order valence-corrected chi connectivity index (χ2v) is 6.33. The van der Waals surface area contributed by atoms with Crippen molar-refractivity contribution in [3.8, 4) is 0 Å². The van der Waals surface area contributed by atoms with Gasteiger partial charge in [0.25, 0.3) is 0 Å². The summed E-state index contributed by atoms with van der Waals surface area (Å²) in [5.74, 6) is 0. The van der Waals surface area contributed by atoms with E-state index in [1.165, 1.54) is 6.92 Å². The van der Waals surface area contributed by atoms with Crippen molar-refractivity contribution in [2.45, 2.75) is 38.5 Å². The standard InChI is InChI=1S/C7H17NO3S/c1-6(9)5-8-12(10,11)7(2,3)4/h6,8-9H,5H2,1-4H3/t6-/m1/s1. The molecule has 0 saturated heterocycles. The molecule has 0 radical (unpaired) electrons. The average Bonchev–Trinajstić information content (AvgIpc) is 1.81. The number of sulfonamides is 1. The Morgan fingerprint density at radius 1 is 1.42 bits per heavy atom. The molecule has 2 N–H and O–H groups in total. The smallest absolute Gasteiger partial charge is 0.216 e. The Balaban J connectivity index is 4.27. The Morgan fingerprint density at radius 3 is 2.08 bits per heavy atom. The highest BCUT2D eigenvalue weighted by Crippen LogP contribution is 2.12. The Kier molecular flexibility index (Phi) is 3.68. The van der Waals surface area contributed by atoms with E-state index in [1.54, 1.807) is 20.8 Å². The fraction of sp³-hybridized carbons (Fsp3) is 1.00. The molecule has 0 aliphatic heterocycles. The van der Waals surface area contributed by atoms with E-state index in [0.29, 0.717) is 0 Å². The first kappa shape index (κ1) is 11.9. The summed E-state index contributed by atoms with van der Waals surface area (Å²) < 4.78 is 24.2. The minimum absolute atomic E-state index is 0.0691. The van der Waals surface area contributed by atoms with Crippen LogP contribution >= 0.6 is 0 Å². The molecule has 0 rings (SSSR count). The van der Waals surface area contributed by atoms with Gasteiger partial charge in [0.1, 0.15) is 0 Å². The maximum absolute atomic E-state index is 11.3. The van der Waals surface area contributed by atoms with E-state index in [4.69, 9.17) is 5.11 Å². The molecule has 4 nitrogen and oxygen atoms in total. The molecule has 0 saturated carbocycles. The van der Waals surface area contributed by atoms with E-state index in [2.05, 4.69) is 4.72 Å². The van der Waals surface area contributed by atoms with Crippen LogP contribution in [-0.2, 0) is 10.0 Å². The molecule has 0 spiro atoms. The summed E-state index contributed by atoms with van der Waals surface area (Å²) in [5, 5.41) is 8.85. The van der Waals surface area contributed by atoms with Crippen LogP contribution in [0.25, 0.3) is 0 Å². The number of hydrogen-bond donors (Lipinski definition) is 2. The van der Waals surface area contributed by atoms with Crippen molar-refractivity contribution in [3.63, 3.8) is 0 Å². The van der Waals surface area contributed by atoms with Crippen LogP contribution in [0.1, 0.15) is 27.7 Å². The summed E-state index contributed by atoms with van der Waals surface area (Å²) in [7, 11) is -3.30. The van der Waals surface area contributed by atoms with Gasteiger partial charge in [0.05, 0.1) is 10.9 Å². The maximum atomic E-state index is 11.3. The van der Waals surface area contributed by atoms with Crippen LogP contribution in [0.15, 0.2) is 0 Å². The first-order valence-electron chi connectivity index (χ1n) is 3.84. The zero-order valence-corrected chi connectivity index (χ0v) is 8.77. The van der Waals surface area contributed by atoms with Crippen LogP contribution in [0.5, 0.6) is 0 Å². The van der Waals surface area contributed by atoms with Crippen molar-refractivity contribution in [2.75, 3.05) is 6.54 Å². The first-order valence-corrected chi connectivity index (χ1v) is 5.32. The zero-order chi connectivity index (χ0) is 9.99. The molecule has 0 unspecified atom stereocenters. The largest absolute Gasteiger partial charge is 0.392 e. The van der Waals surface area contributed by atoms with E-state index in [0.717, 1.165) is 0 Å². The van der Waals surface area contributed by atoms with Crippen LogP contribution in [-0.4, -0.2) is 30.9 Å². The normalized spacial score (nSPS) is 16.1. The van der Waals surface area contributed by atoms with Gasteiger partial charge in [-0.05, 0) is 27.7 Å². The third kappa shape index (κ3) is 3.51. The highest BCUT2D eigenvalue weighted by molar-refractivity contribution is 7.90. The second kappa shape index (κ2) is 3.72. The summed E-state index contributed by atoms with van der Waals surface area (Å²) in [6.07, 6.45) is -0.651. The van der Waals surface area contributed by atoms with Gasteiger partial charge in [-0.15, -0.1) is 0 Å². The van der Waals surface area contributed by atoms with Gasteiger partial charge in [-0.25, -0.2) is 13.1 Å². The quantitative estimate of drug-likeness (QED) is 0.670. The van der Waals surface area contributed by atoms with Crippen LogP contribution in [0, 0.1) is 0 Å². The third-order valence-corrected chi connectivity index (χ3v) is 3.53. The predicted molar refractivity (Wildman–Crippen MR) is 48.4 cm³/mol. The van der Waals surface area contributed by atoms with E-state index in [-0.39, 0.29) is 6.54 Å². The van der Waals surface area contributed by atoms with Gasteiger partial charge < -0.3 is 5.11 Å². The topological polar surface area (TPSA) is 66.4 Å². The predicted octanol–water partition coefficient (Wildman–Crippen LogP) is 0.0851. The lowest BCUT2D eigenvalue weighted by Crippen LogP contribution is -2.42. The van der Waals surface area contributed by atoms with Gasteiger partial charge in [-0.2, -0.15) is 0 Å². The third-order valence-electron chi connectivity index (χ3n) is 1.37. The summed E-state index contributed by atoms with van der Waals surface area (Å²) in [6, 6.07) is 0. The Bertz CT molecular complexity index is 226. The van der Waals surface area contributed by atoms with Gasteiger partial charge in [-0.3, -0.25) is 0 Å². The van der Waals surface area contributed by atoms with Crippen molar-refractivity contribution < 1.29 is 13.5 Å². The van der Waals surface area contributed by atoms with Crippen molar-refractivity contribution in [1.29, 1.82) is 0 Å². The van der Waals surface area contributed by atoms with Gasteiger partial charge in [0.15, 0.2) is 0 Å². The number of nitrogens with one attached hydrogen (secondary N) is 1. The number of hydrogen-bond acceptors (Lipinski definition) is 3. The summed E-state index contributed by atoms with van der Waals surface area (Å²) in [4.78, 5) is 0. The molecule has 0 aliphatic carbocycles. The summed E-state index contributed by atoms with van der Waals surface area (Å²) >= 11 is 0. The molecule has 0 fully saturated rings. The van der Waals surface area contributed by atoms with E-state index >= 15 is 0 Å². The van der Waals surface area contributed by atoms with E-state index in [1.807, 2.05) is 0 Å². The molecule has 5 heteroatoms. The van der Waals surface area contributed by atoms with Gasteiger partial charge >= 0.3 is 0 Å². The molecule has 0 bridgehead atoms. The Hall–Kier alpha value is -0.130. The van der Waals surface area contributed by atoms with Crippen LogP contribution < -0.4 is 4.72 Å². The van der Waals surface area contributed by atoms with Crippen LogP contribution in [0.4, 0.5) is 0 Å². The fourth-order valence-electron chi connectivity index (χ4n) is 0.447. The first-order chi connectivity index (χ1) is 5.17. The van der Waals surface area contributed by atoms with E-state index < -0.39 is 20.9 Å². The SMILES string of the molecule is C[C@@H](O)CNS(=O)(=O)C(C)(C)C. The van der Waals surface area contributed by atoms with Gasteiger partial charge in [0.2, 0.25) is 10.0 Å². The molecule has 1 atom stereocenters. The monoisotopic (exact) mass is 195 g/mol. The highest BCUT2D eigenvalue weighted by atomic mass is 32.2. The molecular weight excluding hydrogens is 178 g/mol. The lowest BCUT2D eigenvalue weighted by atomic mass is 10.3. The molecular formula is C7H17NO3S. The minimum Gasteiger partial charge on any atom is -0.392 e. The molecule has 12 heavy (non-hydrogen) atoms. The molecule has 0 aromatic heterocycles. The highest BCUT2D eigenvalue weighted by Gasteiger charge is 2.28. The molecule has 0 aromatic carbocycles. The lowest BCUT2D eigenvalue weighted by Gasteiger charge is -2.20. The molecule has 0 aromatic rings. The number of aliphatic hydroxyl groups is 1. The van der Waals surface area contributed by atoms with Gasteiger partial charge in [-0.1, -0.05) is 0 Å².